The van der Waals surface area contributed by atoms with Crippen molar-refractivity contribution in [2.75, 3.05) is 5.32 Å². The van der Waals surface area contributed by atoms with Crippen LogP contribution in [0.5, 0.6) is 0 Å². The summed E-state index contributed by atoms with van der Waals surface area (Å²) in [7, 11) is 0. The number of para-hydroxylation sites is 1. The van der Waals surface area contributed by atoms with Crippen molar-refractivity contribution in [2.45, 2.75) is 33.2 Å². The van der Waals surface area contributed by atoms with E-state index in [4.69, 9.17) is 5.11 Å². The maximum atomic E-state index is 11.8. The summed E-state index contributed by atoms with van der Waals surface area (Å²) in [5.41, 5.74) is 1.60. The lowest BCUT2D eigenvalue weighted by Gasteiger charge is -2.20. The summed E-state index contributed by atoms with van der Waals surface area (Å²) in [6, 6.07) is 5.95. The van der Waals surface area contributed by atoms with Crippen LogP contribution in [0.4, 0.5) is 10.5 Å². The second-order valence-electron chi connectivity index (χ2n) is 4.61. The van der Waals surface area contributed by atoms with E-state index in [0.29, 0.717) is 12.1 Å². The molecule has 0 saturated carbocycles. The van der Waals surface area contributed by atoms with E-state index in [2.05, 4.69) is 10.6 Å². The Balaban J connectivity index is 2.68. The number of aliphatic carboxylic acids is 1. The Morgan fingerprint density at radius 2 is 1.95 bits per heavy atom. The summed E-state index contributed by atoms with van der Waals surface area (Å²) >= 11 is 0. The molecule has 0 saturated heterocycles. The van der Waals surface area contributed by atoms with Crippen LogP contribution < -0.4 is 10.6 Å². The van der Waals surface area contributed by atoms with E-state index in [1.165, 1.54) is 0 Å². The zero-order valence-electron chi connectivity index (χ0n) is 11.4. The van der Waals surface area contributed by atoms with Crippen LogP contribution in [0.15, 0.2) is 24.3 Å². The van der Waals surface area contributed by atoms with E-state index < -0.39 is 18.0 Å². The minimum absolute atomic E-state index is 0.125. The zero-order chi connectivity index (χ0) is 14.4. The molecule has 3 N–H and O–H groups in total. The average molecular weight is 264 g/mol. The molecule has 0 aliphatic heterocycles. The minimum atomic E-state index is -1.02. The molecule has 104 valence electrons. The molecule has 2 atom stereocenters. The highest BCUT2D eigenvalue weighted by atomic mass is 16.4. The SMILES string of the molecule is CC[C@@H](C)[C@H](NC(=O)Nc1ccccc1C)C(=O)O. The van der Waals surface area contributed by atoms with Crippen LogP contribution in [0.3, 0.4) is 0 Å². The molecule has 0 bridgehead atoms. The van der Waals surface area contributed by atoms with Gasteiger partial charge in [-0.1, -0.05) is 38.5 Å². The third kappa shape index (κ3) is 4.28. The van der Waals surface area contributed by atoms with Gasteiger partial charge in [0.15, 0.2) is 0 Å². The molecule has 0 heterocycles. The van der Waals surface area contributed by atoms with Gasteiger partial charge in [0, 0.05) is 5.69 Å². The highest BCUT2D eigenvalue weighted by molar-refractivity contribution is 5.92. The van der Waals surface area contributed by atoms with Crippen LogP contribution in [0, 0.1) is 12.8 Å². The number of anilines is 1. The number of aryl methyl sites for hydroxylation is 1. The molecule has 1 aromatic rings. The standard InChI is InChI=1S/C14H20N2O3/c1-4-9(2)12(13(17)18)16-14(19)15-11-8-6-5-7-10(11)3/h5-9,12H,4H2,1-3H3,(H,17,18)(H2,15,16,19)/t9-,12+/m1/s1. The maximum Gasteiger partial charge on any atom is 0.326 e. The average Bonchev–Trinajstić information content (AvgIpc) is 2.37. The van der Waals surface area contributed by atoms with Gasteiger partial charge in [-0.15, -0.1) is 0 Å². The Bertz CT molecular complexity index is 460. The van der Waals surface area contributed by atoms with E-state index in [1.54, 1.807) is 13.0 Å². The fraction of sp³-hybridized carbons (Fsp3) is 0.429. The molecular weight excluding hydrogens is 244 g/mol. The van der Waals surface area contributed by atoms with Gasteiger partial charge in [0.25, 0.3) is 0 Å². The summed E-state index contributed by atoms with van der Waals surface area (Å²) in [6.07, 6.45) is 0.682. The maximum absolute atomic E-state index is 11.8. The fourth-order valence-electron chi connectivity index (χ4n) is 1.70. The molecule has 0 fully saturated rings. The van der Waals surface area contributed by atoms with Gasteiger partial charge in [-0.3, -0.25) is 0 Å². The predicted octanol–water partition coefficient (Wildman–Crippen LogP) is 2.62. The lowest BCUT2D eigenvalue weighted by molar-refractivity contribution is -0.140. The minimum Gasteiger partial charge on any atom is -0.480 e. The number of carbonyl (C=O) groups excluding carboxylic acids is 1. The van der Waals surface area contributed by atoms with Crippen LogP contribution in [-0.4, -0.2) is 23.1 Å². The van der Waals surface area contributed by atoms with Crippen LogP contribution in [0.2, 0.25) is 0 Å². The molecule has 0 aliphatic carbocycles. The van der Waals surface area contributed by atoms with Crippen LogP contribution in [-0.2, 0) is 4.79 Å². The molecule has 19 heavy (non-hydrogen) atoms. The Labute approximate surface area is 113 Å². The number of nitrogens with one attached hydrogen (secondary N) is 2. The van der Waals surface area contributed by atoms with Crippen molar-refractivity contribution in [3.63, 3.8) is 0 Å². The quantitative estimate of drug-likeness (QED) is 0.765. The second kappa shape index (κ2) is 6.78. The van der Waals surface area contributed by atoms with E-state index in [-0.39, 0.29) is 5.92 Å². The van der Waals surface area contributed by atoms with Gasteiger partial charge in [0.05, 0.1) is 0 Å². The summed E-state index contributed by atoms with van der Waals surface area (Å²) in [5.74, 6) is -1.14. The number of urea groups is 1. The first kappa shape index (κ1) is 15.0. The lowest BCUT2D eigenvalue weighted by atomic mass is 9.99. The number of carboxylic acids is 1. The number of benzene rings is 1. The molecule has 0 aliphatic rings. The molecule has 0 aromatic heterocycles. The monoisotopic (exact) mass is 264 g/mol. The van der Waals surface area contributed by atoms with Crippen LogP contribution in [0.1, 0.15) is 25.8 Å². The van der Waals surface area contributed by atoms with Gasteiger partial charge in [0.2, 0.25) is 0 Å². The van der Waals surface area contributed by atoms with Gasteiger partial charge >= 0.3 is 12.0 Å². The fourth-order valence-corrected chi connectivity index (χ4v) is 1.70. The summed E-state index contributed by atoms with van der Waals surface area (Å²) in [4.78, 5) is 22.9. The van der Waals surface area contributed by atoms with Gasteiger partial charge in [-0.2, -0.15) is 0 Å². The molecule has 1 rings (SSSR count). The second-order valence-corrected chi connectivity index (χ2v) is 4.61. The summed E-state index contributed by atoms with van der Waals surface area (Å²) in [5, 5.41) is 14.3. The van der Waals surface area contributed by atoms with E-state index in [0.717, 1.165) is 5.56 Å². The Kier molecular flexibility index (Phi) is 5.36. The number of carbonyl (C=O) groups is 2. The Morgan fingerprint density at radius 3 is 2.47 bits per heavy atom. The highest BCUT2D eigenvalue weighted by Gasteiger charge is 2.25. The van der Waals surface area contributed by atoms with Crippen LogP contribution >= 0.6 is 0 Å². The first-order valence-corrected chi connectivity index (χ1v) is 6.31. The van der Waals surface area contributed by atoms with Gasteiger partial charge < -0.3 is 15.7 Å². The van der Waals surface area contributed by atoms with E-state index >= 15 is 0 Å². The van der Waals surface area contributed by atoms with Crippen molar-refractivity contribution in [1.82, 2.24) is 5.32 Å². The number of rotatable bonds is 5. The van der Waals surface area contributed by atoms with Crippen molar-refractivity contribution >= 4 is 17.7 Å². The smallest absolute Gasteiger partial charge is 0.326 e. The first-order chi connectivity index (χ1) is 8.95. The predicted molar refractivity (Wildman–Crippen MR) is 74.2 cm³/mol. The number of amides is 2. The van der Waals surface area contributed by atoms with Crippen LogP contribution in [0.25, 0.3) is 0 Å². The normalized spacial score (nSPS) is 13.4. The molecule has 2 amide bonds. The molecule has 0 spiro atoms. The van der Waals surface area contributed by atoms with Crippen molar-refractivity contribution in [2.24, 2.45) is 5.92 Å². The van der Waals surface area contributed by atoms with E-state index in [9.17, 15) is 9.59 Å². The molecular formula is C14H20N2O3. The third-order valence-electron chi connectivity index (χ3n) is 3.16. The number of carboxylic acid groups (broad SMARTS) is 1. The number of hydrogen-bond donors (Lipinski definition) is 3. The first-order valence-electron chi connectivity index (χ1n) is 6.31. The molecule has 5 nitrogen and oxygen atoms in total. The zero-order valence-corrected chi connectivity index (χ0v) is 11.4. The lowest BCUT2D eigenvalue weighted by Crippen LogP contribution is -2.46. The molecule has 0 unspecified atom stereocenters. The van der Waals surface area contributed by atoms with E-state index in [1.807, 2.05) is 32.0 Å². The highest BCUT2D eigenvalue weighted by Crippen LogP contribution is 2.13. The molecule has 0 radical (unpaired) electrons. The topological polar surface area (TPSA) is 78.4 Å². The number of hydrogen-bond acceptors (Lipinski definition) is 2. The Morgan fingerprint density at radius 1 is 1.32 bits per heavy atom. The van der Waals surface area contributed by atoms with Gasteiger partial charge in [-0.25, -0.2) is 9.59 Å². The van der Waals surface area contributed by atoms with Gasteiger partial charge in [0.1, 0.15) is 6.04 Å². The third-order valence-corrected chi connectivity index (χ3v) is 3.16. The summed E-state index contributed by atoms with van der Waals surface area (Å²) in [6.45, 7) is 5.56. The molecule has 5 heteroatoms. The van der Waals surface area contributed by atoms with Gasteiger partial charge in [-0.05, 0) is 24.5 Å². The Hall–Kier alpha value is -2.04. The molecule has 1 aromatic carbocycles. The van der Waals surface area contributed by atoms with Crippen molar-refractivity contribution in [3.8, 4) is 0 Å². The van der Waals surface area contributed by atoms with Crippen molar-refractivity contribution in [3.05, 3.63) is 29.8 Å². The van der Waals surface area contributed by atoms with Crippen molar-refractivity contribution in [1.29, 1.82) is 0 Å². The summed E-state index contributed by atoms with van der Waals surface area (Å²) < 4.78 is 0. The van der Waals surface area contributed by atoms with Crippen molar-refractivity contribution < 1.29 is 14.7 Å². The largest absolute Gasteiger partial charge is 0.480 e.